The molecule has 0 atom stereocenters. The van der Waals surface area contributed by atoms with Gasteiger partial charge in [-0.1, -0.05) is 18.2 Å². The van der Waals surface area contributed by atoms with Crippen LogP contribution in [0.2, 0.25) is 0 Å². The maximum atomic E-state index is 12.6. The average molecular weight is 340 g/mol. The van der Waals surface area contributed by atoms with E-state index in [1.807, 2.05) is 30.3 Å². The molecule has 0 saturated heterocycles. The minimum Gasteiger partial charge on any atom is -0.497 e. The summed E-state index contributed by atoms with van der Waals surface area (Å²) in [7, 11) is -2.03. The van der Waals surface area contributed by atoms with Crippen molar-refractivity contribution in [3.63, 3.8) is 0 Å². The van der Waals surface area contributed by atoms with Crippen molar-refractivity contribution in [2.45, 2.75) is 9.79 Å². The molecule has 0 aliphatic rings. The molecular formula is C19H16O4S. The van der Waals surface area contributed by atoms with Crippen LogP contribution >= 0.6 is 0 Å². The smallest absolute Gasteiger partial charge is 0.206 e. The van der Waals surface area contributed by atoms with Crippen molar-refractivity contribution in [3.8, 4) is 17.2 Å². The van der Waals surface area contributed by atoms with E-state index in [9.17, 15) is 8.42 Å². The standard InChI is InChI=1S/C19H16O4S/c1-22-15-7-11-18(12-8-15)24(20,21)19-13-9-17(10-14-19)23-16-5-3-2-4-6-16/h2-14H,1H3. The van der Waals surface area contributed by atoms with Gasteiger partial charge in [0, 0.05) is 0 Å². The molecule has 0 aromatic heterocycles. The van der Waals surface area contributed by atoms with Crippen molar-refractivity contribution >= 4 is 9.84 Å². The van der Waals surface area contributed by atoms with Gasteiger partial charge in [0.05, 0.1) is 16.9 Å². The zero-order valence-corrected chi connectivity index (χ0v) is 13.9. The molecular weight excluding hydrogens is 324 g/mol. The third kappa shape index (κ3) is 3.41. The van der Waals surface area contributed by atoms with Gasteiger partial charge in [-0.3, -0.25) is 0 Å². The largest absolute Gasteiger partial charge is 0.497 e. The molecule has 4 nitrogen and oxygen atoms in total. The highest BCUT2D eigenvalue weighted by atomic mass is 32.2. The summed E-state index contributed by atoms with van der Waals surface area (Å²) in [5.74, 6) is 1.89. The summed E-state index contributed by atoms with van der Waals surface area (Å²) >= 11 is 0. The van der Waals surface area contributed by atoms with Gasteiger partial charge in [-0.05, 0) is 60.7 Å². The number of para-hydroxylation sites is 1. The fourth-order valence-electron chi connectivity index (χ4n) is 2.20. The second-order valence-corrected chi connectivity index (χ2v) is 7.02. The molecule has 0 radical (unpaired) electrons. The first-order valence-electron chi connectivity index (χ1n) is 7.32. The molecule has 3 aromatic carbocycles. The molecule has 0 aliphatic heterocycles. The minimum atomic E-state index is -3.56. The number of hydrogen-bond acceptors (Lipinski definition) is 4. The maximum absolute atomic E-state index is 12.6. The number of ether oxygens (including phenoxy) is 2. The van der Waals surface area contributed by atoms with E-state index in [-0.39, 0.29) is 9.79 Å². The van der Waals surface area contributed by atoms with Gasteiger partial charge in [-0.2, -0.15) is 0 Å². The van der Waals surface area contributed by atoms with Crippen LogP contribution < -0.4 is 9.47 Å². The van der Waals surface area contributed by atoms with Gasteiger partial charge in [0.15, 0.2) is 0 Å². The lowest BCUT2D eigenvalue weighted by Gasteiger charge is -2.08. The Morgan fingerprint density at radius 3 is 1.58 bits per heavy atom. The Balaban J connectivity index is 1.83. The number of hydrogen-bond donors (Lipinski definition) is 0. The van der Waals surface area contributed by atoms with Crippen molar-refractivity contribution < 1.29 is 17.9 Å². The molecule has 0 bridgehead atoms. The monoisotopic (exact) mass is 340 g/mol. The summed E-state index contributed by atoms with van der Waals surface area (Å²) in [6.45, 7) is 0. The molecule has 0 aliphatic carbocycles. The molecule has 5 heteroatoms. The first-order chi connectivity index (χ1) is 11.6. The SMILES string of the molecule is COc1ccc(S(=O)(=O)c2ccc(Oc3ccccc3)cc2)cc1. The van der Waals surface area contributed by atoms with Crippen LogP contribution in [0.3, 0.4) is 0 Å². The van der Waals surface area contributed by atoms with Gasteiger partial charge in [-0.15, -0.1) is 0 Å². The number of rotatable bonds is 5. The van der Waals surface area contributed by atoms with Crippen LogP contribution in [0, 0.1) is 0 Å². The number of sulfone groups is 1. The third-order valence-corrected chi connectivity index (χ3v) is 5.27. The predicted octanol–water partition coefficient (Wildman–Crippen LogP) is 4.32. The van der Waals surface area contributed by atoms with Crippen LogP contribution in [-0.2, 0) is 9.84 Å². The van der Waals surface area contributed by atoms with Crippen LogP contribution in [0.5, 0.6) is 17.2 Å². The van der Waals surface area contributed by atoms with Crippen LogP contribution in [0.4, 0.5) is 0 Å². The van der Waals surface area contributed by atoms with Crippen LogP contribution in [-0.4, -0.2) is 15.5 Å². The Labute approximate surface area is 141 Å². The van der Waals surface area contributed by atoms with Gasteiger partial charge in [0.1, 0.15) is 17.2 Å². The second kappa shape index (κ2) is 6.76. The predicted molar refractivity (Wildman–Crippen MR) is 91.4 cm³/mol. The van der Waals surface area contributed by atoms with Crippen LogP contribution in [0.25, 0.3) is 0 Å². The molecule has 3 aromatic rings. The van der Waals surface area contributed by atoms with E-state index >= 15 is 0 Å². The Kier molecular flexibility index (Phi) is 4.53. The highest BCUT2D eigenvalue weighted by molar-refractivity contribution is 7.91. The molecule has 0 spiro atoms. The molecule has 0 saturated carbocycles. The first-order valence-corrected chi connectivity index (χ1v) is 8.80. The number of methoxy groups -OCH3 is 1. The van der Waals surface area contributed by atoms with Crippen LogP contribution in [0.1, 0.15) is 0 Å². The van der Waals surface area contributed by atoms with E-state index in [4.69, 9.17) is 9.47 Å². The topological polar surface area (TPSA) is 52.6 Å². The molecule has 0 amide bonds. The highest BCUT2D eigenvalue weighted by Crippen LogP contribution is 2.26. The second-order valence-electron chi connectivity index (χ2n) is 5.07. The first kappa shape index (κ1) is 16.1. The molecule has 0 N–H and O–H groups in total. The van der Waals surface area contributed by atoms with Gasteiger partial charge in [-0.25, -0.2) is 8.42 Å². The number of benzene rings is 3. The van der Waals surface area contributed by atoms with Gasteiger partial charge >= 0.3 is 0 Å². The molecule has 0 heterocycles. The van der Waals surface area contributed by atoms with E-state index in [1.165, 1.54) is 31.4 Å². The van der Waals surface area contributed by atoms with E-state index in [0.29, 0.717) is 17.2 Å². The van der Waals surface area contributed by atoms with E-state index in [0.717, 1.165) is 0 Å². The van der Waals surface area contributed by atoms with Crippen molar-refractivity contribution in [1.29, 1.82) is 0 Å². The van der Waals surface area contributed by atoms with Crippen molar-refractivity contribution in [2.75, 3.05) is 7.11 Å². The normalized spacial score (nSPS) is 11.0. The Morgan fingerprint density at radius 2 is 1.08 bits per heavy atom. The molecule has 0 unspecified atom stereocenters. The Morgan fingerprint density at radius 1 is 0.625 bits per heavy atom. The lowest BCUT2D eigenvalue weighted by Crippen LogP contribution is -2.01. The zero-order valence-electron chi connectivity index (χ0n) is 13.0. The Hall–Kier alpha value is -2.79. The summed E-state index contributed by atoms with van der Waals surface area (Å²) in [5.41, 5.74) is 0. The lowest BCUT2D eigenvalue weighted by molar-refractivity contribution is 0.414. The molecule has 3 rings (SSSR count). The summed E-state index contributed by atoms with van der Waals surface area (Å²) in [6.07, 6.45) is 0. The average Bonchev–Trinajstić information content (AvgIpc) is 2.63. The van der Waals surface area contributed by atoms with E-state index in [1.54, 1.807) is 24.3 Å². The summed E-state index contributed by atoms with van der Waals surface area (Å²) in [5, 5.41) is 0. The van der Waals surface area contributed by atoms with E-state index in [2.05, 4.69) is 0 Å². The van der Waals surface area contributed by atoms with Crippen molar-refractivity contribution in [2.24, 2.45) is 0 Å². The molecule has 24 heavy (non-hydrogen) atoms. The lowest BCUT2D eigenvalue weighted by atomic mass is 10.3. The zero-order chi connectivity index (χ0) is 17.0. The van der Waals surface area contributed by atoms with E-state index < -0.39 is 9.84 Å². The highest BCUT2D eigenvalue weighted by Gasteiger charge is 2.17. The Bertz CT molecular complexity index is 900. The van der Waals surface area contributed by atoms with Gasteiger partial charge < -0.3 is 9.47 Å². The maximum Gasteiger partial charge on any atom is 0.206 e. The quantitative estimate of drug-likeness (QED) is 0.694. The van der Waals surface area contributed by atoms with Gasteiger partial charge in [0.25, 0.3) is 0 Å². The molecule has 122 valence electrons. The minimum absolute atomic E-state index is 0.216. The summed E-state index contributed by atoms with van der Waals surface area (Å²) < 4.78 is 36.0. The van der Waals surface area contributed by atoms with Crippen molar-refractivity contribution in [1.82, 2.24) is 0 Å². The third-order valence-electron chi connectivity index (χ3n) is 3.48. The van der Waals surface area contributed by atoms with Gasteiger partial charge in [0.2, 0.25) is 9.84 Å². The molecule has 0 fully saturated rings. The van der Waals surface area contributed by atoms with Crippen LogP contribution in [0.15, 0.2) is 88.7 Å². The summed E-state index contributed by atoms with van der Waals surface area (Å²) in [4.78, 5) is 0.438. The fraction of sp³-hybridized carbons (Fsp3) is 0.0526. The van der Waals surface area contributed by atoms with Crippen molar-refractivity contribution in [3.05, 3.63) is 78.9 Å². The summed E-state index contributed by atoms with van der Waals surface area (Å²) in [6, 6.07) is 22.0. The fourth-order valence-corrected chi connectivity index (χ4v) is 3.46.